The first-order chi connectivity index (χ1) is 10.3. The van der Waals surface area contributed by atoms with E-state index < -0.39 is 0 Å². The summed E-state index contributed by atoms with van der Waals surface area (Å²) >= 11 is 0. The van der Waals surface area contributed by atoms with Gasteiger partial charge in [0.2, 0.25) is 0 Å². The van der Waals surface area contributed by atoms with Crippen LogP contribution in [0.25, 0.3) is 0 Å². The topological polar surface area (TPSA) is 52.0 Å². The lowest BCUT2D eigenvalue weighted by atomic mass is 10.1. The molecule has 21 heavy (non-hydrogen) atoms. The zero-order chi connectivity index (χ0) is 14.9. The van der Waals surface area contributed by atoms with Gasteiger partial charge in [-0.05, 0) is 60.5 Å². The molecule has 2 nitrogen and oxygen atoms in total. The highest BCUT2D eigenvalue weighted by Crippen LogP contribution is 2.18. The molecule has 0 aliphatic rings. The van der Waals surface area contributed by atoms with Crippen molar-refractivity contribution < 1.29 is 0 Å². The highest BCUT2D eigenvalue weighted by atomic mass is 31.1. The van der Waals surface area contributed by atoms with Crippen molar-refractivity contribution in [3.8, 4) is 0 Å². The van der Waals surface area contributed by atoms with E-state index in [4.69, 9.17) is 11.5 Å². The van der Waals surface area contributed by atoms with Crippen LogP contribution in [0.15, 0.2) is 48.5 Å². The van der Waals surface area contributed by atoms with Crippen molar-refractivity contribution in [3.05, 3.63) is 59.7 Å². The molecule has 3 heteroatoms. The van der Waals surface area contributed by atoms with Gasteiger partial charge in [-0.25, -0.2) is 0 Å². The van der Waals surface area contributed by atoms with Crippen LogP contribution in [0.2, 0.25) is 0 Å². The highest BCUT2D eigenvalue weighted by Gasteiger charge is 2.06. The summed E-state index contributed by atoms with van der Waals surface area (Å²) < 4.78 is 0. The molecule has 0 saturated carbocycles. The second-order valence-corrected chi connectivity index (χ2v) is 6.55. The first-order valence-electron chi connectivity index (χ1n) is 7.68. The number of benzene rings is 2. The number of rotatable bonds is 8. The van der Waals surface area contributed by atoms with Crippen LogP contribution in [-0.4, -0.2) is 13.1 Å². The van der Waals surface area contributed by atoms with Crippen LogP contribution in [0.3, 0.4) is 0 Å². The van der Waals surface area contributed by atoms with Crippen LogP contribution in [-0.2, 0) is 12.8 Å². The van der Waals surface area contributed by atoms with Crippen LogP contribution < -0.4 is 22.1 Å². The Balaban J connectivity index is 2.18. The zero-order valence-corrected chi connectivity index (χ0v) is 13.5. The maximum atomic E-state index is 5.65. The summed E-state index contributed by atoms with van der Waals surface area (Å²) in [6.07, 6.45) is 4.25. The number of aryl methyl sites for hydroxylation is 2. The average Bonchev–Trinajstić information content (AvgIpc) is 2.53. The van der Waals surface area contributed by atoms with Crippen molar-refractivity contribution in [2.75, 3.05) is 13.1 Å². The van der Waals surface area contributed by atoms with Gasteiger partial charge in [-0.3, -0.25) is 0 Å². The molecule has 0 spiro atoms. The third-order valence-electron chi connectivity index (χ3n) is 3.60. The second kappa shape index (κ2) is 8.94. The van der Waals surface area contributed by atoms with Crippen molar-refractivity contribution in [3.63, 3.8) is 0 Å². The minimum absolute atomic E-state index is 0.715. The fraction of sp³-hybridized carbons (Fsp3) is 0.333. The zero-order valence-electron chi connectivity index (χ0n) is 12.5. The van der Waals surface area contributed by atoms with Gasteiger partial charge in [0.05, 0.1) is 0 Å². The van der Waals surface area contributed by atoms with E-state index in [2.05, 4.69) is 48.5 Å². The molecule has 0 bridgehead atoms. The highest BCUT2D eigenvalue weighted by molar-refractivity contribution is 7.55. The smallest absolute Gasteiger partial charge is 0.00741 e. The summed E-state index contributed by atoms with van der Waals surface area (Å²) in [5, 5.41) is 2.90. The summed E-state index contributed by atoms with van der Waals surface area (Å²) in [5.74, 6) is 0. The van der Waals surface area contributed by atoms with E-state index in [1.165, 1.54) is 21.7 Å². The summed E-state index contributed by atoms with van der Waals surface area (Å²) in [7, 11) is 0.715. The van der Waals surface area contributed by atoms with Crippen molar-refractivity contribution in [2.45, 2.75) is 25.7 Å². The molecule has 0 heterocycles. The van der Waals surface area contributed by atoms with E-state index in [0.717, 1.165) is 38.8 Å². The molecule has 0 fully saturated rings. The van der Waals surface area contributed by atoms with E-state index in [1.807, 2.05) is 0 Å². The van der Waals surface area contributed by atoms with Gasteiger partial charge < -0.3 is 11.5 Å². The van der Waals surface area contributed by atoms with Crippen molar-refractivity contribution in [1.29, 1.82) is 0 Å². The Labute approximate surface area is 129 Å². The molecule has 0 amide bonds. The van der Waals surface area contributed by atoms with Gasteiger partial charge in [-0.15, -0.1) is 0 Å². The first kappa shape index (κ1) is 16.2. The first-order valence-corrected chi connectivity index (χ1v) is 8.68. The molecule has 0 radical (unpaired) electrons. The Morgan fingerprint density at radius 1 is 0.667 bits per heavy atom. The van der Waals surface area contributed by atoms with Gasteiger partial charge in [-0.2, -0.15) is 0 Å². The van der Waals surface area contributed by atoms with Crippen molar-refractivity contribution in [1.82, 2.24) is 0 Å². The minimum atomic E-state index is 0.715. The molecule has 0 atom stereocenters. The van der Waals surface area contributed by atoms with Crippen molar-refractivity contribution in [2.24, 2.45) is 11.5 Å². The Hall–Kier alpha value is -1.21. The monoisotopic (exact) mass is 300 g/mol. The van der Waals surface area contributed by atoms with E-state index in [1.54, 1.807) is 0 Å². The summed E-state index contributed by atoms with van der Waals surface area (Å²) in [5.41, 5.74) is 14.2. The maximum Gasteiger partial charge on any atom is -0.00741 e. The fourth-order valence-electron chi connectivity index (χ4n) is 2.45. The van der Waals surface area contributed by atoms with Gasteiger partial charge in [0.25, 0.3) is 0 Å². The lowest BCUT2D eigenvalue weighted by molar-refractivity contribution is 0.835. The Morgan fingerprint density at radius 2 is 1.10 bits per heavy atom. The molecular formula is C18H25N2P. The number of nitrogens with two attached hydrogens (primary N) is 2. The van der Waals surface area contributed by atoms with E-state index in [0.29, 0.717) is 8.58 Å². The average molecular weight is 300 g/mol. The lowest BCUT2D eigenvalue weighted by Gasteiger charge is -2.13. The maximum absolute atomic E-state index is 5.65. The Kier molecular flexibility index (Phi) is 6.88. The SMILES string of the molecule is NCCCc1ccccc1Pc1ccccc1CCCN. The third-order valence-corrected chi connectivity index (χ3v) is 5.12. The molecule has 0 aromatic heterocycles. The largest absolute Gasteiger partial charge is 0.330 e. The van der Waals surface area contributed by atoms with E-state index in [9.17, 15) is 0 Å². The molecule has 2 rings (SSSR count). The molecule has 2 aromatic rings. The fourth-order valence-corrected chi connectivity index (χ4v) is 3.84. The predicted molar refractivity (Wildman–Crippen MR) is 95.2 cm³/mol. The number of hydrogen-bond donors (Lipinski definition) is 2. The lowest BCUT2D eigenvalue weighted by Crippen LogP contribution is -2.14. The molecule has 4 N–H and O–H groups in total. The van der Waals surface area contributed by atoms with Crippen LogP contribution in [0.5, 0.6) is 0 Å². The molecule has 2 aromatic carbocycles. The molecule has 0 aliphatic heterocycles. The minimum Gasteiger partial charge on any atom is -0.330 e. The predicted octanol–water partition coefficient (Wildman–Crippen LogP) is 2.10. The second-order valence-electron chi connectivity index (χ2n) is 5.22. The van der Waals surface area contributed by atoms with Crippen LogP contribution in [0.4, 0.5) is 0 Å². The van der Waals surface area contributed by atoms with Gasteiger partial charge in [-0.1, -0.05) is 57.1 Å². The van der Waals surface area contributed by atoms with E-state index in [-0.39, 0.29) is 0 Å². The number of hydrogen-bond acceptors (Lipinski definition) is 2. The van der Waals surface area contributed by atoms with Gasteiger partial charge >= 0.3 is 0 Å². The summed E-state index contributed by atoms with van der Waals surface area (Å²) in [6.45, 7) is 1.51. The molecular weight excluding hydrogens is 275 g/mol. The molecule has 0 unspecified atom stereocenters. The van der Waals surface area contributed by atoms with E-state index >= 15 is 0 Å². The third kappa shape index (κ3) is 4.93. The standard InChI is InChI=1S/C18H25N2P/c19-13-5-9-15-7-1-3-11-17(15)21-18-12-4-2-8-16(18)10-6-14-20/h1-4,7-8,11-12,21H,5-6,9-10,13-14,19-20H2. The van der Waals surface area contributed by atoms with Crippen LogP contribution in [0.1, 0.15) is 24.0 Å². The molecule has 112 valence electrons. The Bertz CT molecular complexity index is 505. The molecule has 0 aliphatic carbocycles. The summed E-state index contributed by atoms with van der Waals surface area (Å²) in [4.78, 5) is 0. The normalized spacial score (nSPS) is 10.8. The van der Waals surface area contributed by atoms with Gasteiger partial charge in [0.15, 0.2) is 0 Å². The van der Waals surface area contributed by atoms with Gasteiger partial charge in [0.1, 0.15) is 0 Å². The Morgan fingerprint density at radius 3 is 1.52 bits per heavy atom. The van der Waals surface area contributed by atoms with Gasteiger partial charge in [0, 0.05) is 0 Å². The van der Waals surface area contributed by atoms with Crippen LogP contribution in [0, 0.1) is 0 Å². The summed E-state index contributed by atoms with van der Waals surface area (Å²) in [6, 6.07) is 17.5. The van der Waals surface area contributed by atoms with Crippen molar-refractivity contribution >= 4 is 19.2 Å². The quantitative estimate of drug-likeness (QED) is 0.734. The van der Waals surface area contributed by atoms with Crippen LogP contribution >= 0.6 is 8.58 Å². The molecule has 0 saturated heterocycles.